The number of carbonyl (C=O) groups is 1. The van der Waals surface area contributed by atoms with Crippen molar-refractivity contribution in [1.29, 1.82) is 0 Å². The highest BCUT2D eigenvalue weighted by molar-refractivity contribution is 7.10. The molecule has 1 fully saturated rings. The molecule has 0 radical (unpaired) electrons. The number of rotatable bonds is 2. The van der Waals surface area contributed by atoms with Crippen molar-refractivity contribution in [2.45, 2.75) is 38.0 Å². The Morgan fingerprint density at radius 1 is 1.53 bits per heavy atom. The molecule has 82 valence electrons. The number of hydrazine groups is 1. The van der Waals surface area contributed by atoms with Gasteiger partial charge in [-0.25, -0.2) is 5.84 Å². The molecule has 1 aliphatic carbocycles. The number of nitrogens with two attached hydrogens (primary N) is 1. The lowest BCUT2D eigenvalue weighted by atomic mass is 9.82. The van der Waals surface area contributed by atoms with Crippen LogP contribution >= 0.6 is 11.3 Å². The molecule has 1 aromatic heterocycles. The minimum absolute atomic E-state index is 0.0226. The predicted molar refractivity (Wildman–Crippen MR) is 61.5 cm³/mol. The van der Waals surface area contributed by atoms with E-state index in [9.17, 15) is 4.79 Å². The van der Waals surface area contributed by atoms with Gasteiger partial charge in [0.25, 0.3) is 0 Å². The number of aryl methyl sites for hydroxylation is 1. The van der Waals surface area contributed by atoms with Gasteiger partial charge in [0.2, 0.25) is 5.91 Å². The van der Waals surface area contributed by atoms with E-state index >= 15 is 0 Å². The van der Waals surface area contributed by atoms with E-state index in [1.165, 1.54) is 10.4 Å². The summed E-state index contributed by atoms with van der Waals surface area (Å²) in [5.41, 5.74) is 3.20. The average molecular weight is 224 g/mol. The highest BCUT2D eigenvalue weighted by Crippen LogP contribution is 2.44. The van der Waals surface area contributed by atoms with Gasteiger partial charge in [0.05, 0.1) is 5.41 Å². The Balaban J connectivity index is 2.43. The molecule has 1 amide bonds. The fraction of sp³-hybridized carbons (Fsp3) is 0.545. The van der Waals surface area contributed by atoms with Gasteiger partial charge in [-0.05, 0) is 36.8 Å². The van der Waals surface area contributed by atoms with Crippen LogP contribution in [0.1, 0.15) is 36.1 Å². The van der Waals surface area contributed by atoms with Crippen LogP contribution in [-0.2, 0) is 10.2 Å². The molecule has 0 saturated heterocycles. The Morgan fingerprint density at radius 2 is 2.20 bits per heavy atom. The second-order valence-electron chi connectivity index (χ2n) is 4.20. The predicted octanol–water partition coefficient (Wildman–Crippen LogP) is 1.86. The van der Waals surface area contributed by atoms with Crippen molar-refractivity contribution >= 4 is 17.2 Å². The monoisotopic (exact) mass is 224 g/mol. The number of hydrogen-bond acceptors (Lipinski definition) is 3. The van der Waals surface area contributed by atoms with Gasteiger partial charge in [-0.2, -0.15) is 0 Å². The summed E-state index contributed by atoms with van der Waals surface area (Å²) in [6, 6.07) is 2.07. The normalized spacial score (nSPS) is 19.1. The molecule has 0 unspecified atom stereocenters. The topological polar surface area (TPSA) is 55.1 Å². The van der Waals surface area contributed by atoms with Gasteiger partial charge >= 0.3 is 0 Å². The van der Waals surface area contributed by atoms with Gasteiger partial charge in [0, 0.05) is 4.88 Å². The third kappa shape index (κ3) is 1.58. The Labute approximate surface area is 93.6 Å². The lowest BCUT2D eigenvalue weighted by Crippen LogP contribution is -2.45. The Kier molecular flexibility index (Phi) is 2.80. The van der Waals surface area contributed by atoms with E-state index in [0.717, 1.165) is 25.7 Å². The van der Waals surface area contributed by atoms with Crippen molar-refractivity contribution in [3.05, 3.63) is 21.9 Å². The van der Waals surface area contributed by atoms with E-state index in [-0.39, 0.29) is 11.3 Å². The summed E-state index contributed by atoms with van der Waals surface area (Å²) < 4.78 is 0. The fourth-order valence-corrected chi connectivity index (χ4v) is 3.72. The van der Waals surface area contributed by atoms with E-state index in [0.29, 0.717) is 0 Å². The summed E-state index contributed by atoms with van der Waals surface area (Å²) in [6.07, 6.45) is 4.09. The minimum atomic E-state index is -0.340. The molecule has 15 heavy (non-hydrogen) atoms. The van der Waals surface area contributed by atoms with Crippen molar-refractivity contribution in [3.8, 4) is 0 Å². The Bertz CT molecular complexity index is 366. The maximum absolute atomic E-state index is 12.0. The summed E-state index contributed by atoms with van der Waals surface area (Å²) >= 11 is 1.67. The number of nitrogens with one attached hydrogen (secondary N) is 1. The van der Waals surface area contributed by atoms with Crippen LogP contribution in [0.5, 0.6) is 0 Å². The molecule has 0 atom stereocenters. The number of carbonyl (C=O) groups excluding carboxylic acids is 1. The highest BCUT2D eigenvalue weighted by Gasteiger charge is 2.44. The molecule has 0 bridgehead atoms. The quantitative estimate of drug-likeness (QED) is 0.457. The van der Waals surface area contributed by atoms with E-state index in [1.54, 1.807) is 11.3 Å². The molecule has 0 aliphatic heterocycles. The van der Waals surface area contributed by atoms with E-state index in [1.807, 2.05) is 0 Å². The molecular formula is C11H16N2OS. The minimum Gasteiger partial charge on any atom is -0.293 e. The molecule has 3 nitrogen and oxygen atoms in total. The van der Waals surface area contributed by atoms with Crippen LogP contribution in [0.3, 0.4) is 0 Å². The van der Waals surface area contributed by atoms with Gasteiger partial charge in [-0.15, -0.1) is 11.3 Å². The standard InChI is InChI=1S/C11H16N2OS/c1-8-4-7-15-9(8)11(10(14)13-12)5-2-3-6-11/h4,7H,2-3,5-6,12H2,1H3,(H,13,14). The van der Waals surface area contributed by atoms with Crippen LogP contribution in [0.25, 0.3) is 0 Å². The van der Waals surface area contributed by atoms with Crippen molar-refractivity contribution in [2.24, 2.45) is 5.84 Å². The summed E-state index contributed by atoms with van der Waals surface area (Å²) in [4.78, 5) is 13.2. The Morgan fingerprint density at radius 3 is 2.67 bits per heavy atom. The second-order valence-corrected chi connectivity index (χ2v) is 5.11. The third-order valence-electron chi connectivity index (χ3n) is 3.32. The van der Waals surface area contributed by atoms with Crippen LogP contribution in [0.2, 0.25) is 0 Å². The van der Waals surface area contributed by atoms with E-state index < -0.39 is 0 Å². The summed E-state index contributed by atoms with van der Waals surface area (Å²) in [5, 5.41) is 2.05. The lowest BCUT2D eigenvalue weighted by Gasteiger charge is -2.26. The molecule has 0 spiro atoms. The van der Waals surface area contributed by atoms with Crippen molar-refractivity contribution < 1.29 is 4.79 Å². The van der Waals surface area contributed by atoms with E-state index in [2.05, 4.69) is 23.8 Å². The first kappa shape index (κ1) is 10.6. The first-order valence-electron chi connectivity index (χ1n) is 5.26. The van der Waals surface area contributed by atoms with Gasteiger partial charge in [0.1, 0.15) is 0 Å². The van der Waals surface area contributed by atoms with Crippen molar-refractivity contribution in [3.63, 3.8) is 0 Å². The highest BCUT2D eigenvalue weighted by atomic mass is 32.1. The number of hydrogen-bond donors (Lipinski definition) is 2. The average Bonchev–Trinajstić information content (AvgIpc) is 2.85. The molecule has 1 aliphatic rings. The second kappa shape index (κ2) is 3.94. The van der Waals surface area contributed by atoms with Crippen LogP contribution in [0.4, 0.5) is 0 Å². The molecule has 1 aromatic rings. The third-order valence-corrected chi connectivity index (χ3v) is 4.54. The summed E-state index contributed by atoms with van der Waals surface area (Å²) in [5.74, 6) is 5.28. The van der Waals surface area contributed by atoms with Gasteiger partial charge in [-0.3, -0.25) is 10.2 Å². The molecule has 3 N–H and O–H groups in total. The maximum atomic E-state index is 12.0. The van der Waals surface area contributed by atoms with Crippen LogP contribution in [0, 0.1) is 6.92 Å². The van der Waals surface area contributed by atoms with Gasteiger partial charge in [-0.1, -0.05) is 12.8 Å². The van der Waals surface area contributed by atoms with Crippen LogP contribution in [-0.4, -0.2) is 5.91 Å². The molecule has 2 rings (SSSR count). The lowest BCUT2D eigenvalue weighted by molar-refractivity contribution is -0.126. The molecular weight excluding hydrogens is 208 g/mol. The molecule has 0 aromatic carbocycles. The molecule has 1 heterocycles. The zero-order chi connectivity index (χ0) is 10.9. The SMILES string of the molecule is Cc1ccsc1C1(C(=O)NN)CCCC1. The smallest absolute Gasteiger partial charge is 0.245 e. The maximum Gasteiger partial charge on any atom is 0.245 e. The molecule has 4 heteroatoms. The zero-order valence-electron chi connectivity index (χ0n) is 8.88. The Hall–Kier alpha value is -0.870. The fourth-order valence-electron chi connectivity index (χ4n) is 2.54. The first-order valence-corrected chi connectivity index (χ1v) is 6.14. The van der Waals surface area contributed by atoms with E-state index in [4.69, 9.17) is 5.84 Å². The van der Waals surface area contributed by atoms with Crippen molar-refractivity contribution in [1.82, 2.24) is 5.43 Å². The number of amides is 1. The van der Waals surface area contributed by atoms with Gasteiger partial charge in [0.15, 0.2) is 0 Å². The van der Waals surface area contributed by atoms with Crippen LogP contribution in [0.15, 0.2) is 11.4 Å². The zero-order valence-corrected chi connectivity index (χ0v) is 9.69. The first-order chi connectivity index (χ1) is 7.20. The largest absolute Gasteiger partial charge is 0.293 e. The van der Waals surface area contributed by atoms with Crippen molar-refractivity contribution in [2.75, 3.05) is 0 Å². The summed E-state index contributed by atoms with van der Waals surface area (Å²) in [6.45, 7) is 2.07. The van der Waals surface area contributed by atoms with Gasteiger partial charge < -0.3 is 0 Å². The summed E-state index contributed by atoms with van der Waals surface area (Å²) in [7, 11) is 0. The van der Waals surface area contributed by atoms with Crippen LogP contribution < -0.4 is 11.3 Å². The molecule has 1 saturated carbocycles. The number of thiophene rings is 1.